The summed E-state index contributed by atoms with van der Waals surface area (Å²) >= 11 is 0. The maximum Gasteiger partial charge on any atom is 0.0217 e. The van der Waals surface area contributed by atoms with E-state index in [2.05, 4.69) is 72.6 Å². The zero-order valence-corrected chi connectivity index (χ0v) is 16.7. The van der Waals surface area contributed by atoms with E-state index in [1.54, 1.807) is 19.3 Å². The van der Waals surface area contributed by atoms with Gasteiger partial charge < -0.3 is 4.90 Å². The van der Waals surface area contributed by atoms with Gasteiger partial charge in [0.25, 0.3) is 0 Å². The van der Waals surface area contributed by atoms with Gasteiger partial charge in [-0.15, -0.1) is 0 Å². The highest BCUT2D eigenvalue weighted by Crippen LogP contribution is 2.60. The van der Waals surface area contributed by atoms with Crippen molar-refractivity contribution in [1.29, 1.82) is 0 Å². The Bertz CT molecular complexity index is 676. The molecule has 4 bridgehead atoms. The van der Waals surface area contributed by atoms with Gasteiger partial charge >= 0.3 is 0 Å². The Hall–Kier alpha value is -1.60. The molecule has 0 spiro atoms. The third kappa shape index (κ3) is 3.59. The van der Waals surface area contributed by atoms with Gasteiger partial charge in [-0.1, -0.05) is 60.7 Å². The minimum Gasteiger partial charge on any atom is -0.305 e. The van der Waals surface area contributed by atoms with E-state index in [1.807, 2.05) is 0 Å². The summed E-state index contributed by atoms with van der Waals surface area (Å²) in [4.78, 5) is 2.66. The first-order valence-corrected chi connectivity index (χ1v) is 11.0. The molecule has 0 saturated heterocycles. The highest BCUT2D eigenvalue weighted by atomic mass is 15.1. The standard InChI is InChI=1S/C26H33N/c1-27(19-26-15-20-12-21(16-26)14-22(13-20)17-26)18-25(23-8-4-2-5-9-23)24-10-6-3-7-11-24/h2-11,20-22,25H,12-19H2,1H3. The molecule has 4 aliphatic carbocycles. The molecule has 0 unspecified atom stereocenters. The van der Waals surface area contributed by atoms with E-state index in [0.29, 0.717) is 11.3 Å². The third-order valence-electron chi connectivity index (χ3n) is 7.67. The van der Waals surface area contributed by atoms with Crippen LogP contribution in [0.5, 0.6) is 0 Å². The summed E-state index contributed by atoms with van der Waals surface area (Å²) in [5.74, 6) is 3.60. The summed E-state index contributed by atoms with van der Waals surface area (Å²) in [5, 5.41) is 0. The third-order valence-corrected chi connectivity index (χ3v) is 7.67. The maximum atomic E-state index is 2.66. The quantitative estimate of drug-likeness (QED) is 0.614. The molecule has 2 aromatic rings. The van der Waals surface area contributed by atoms with Crippen LogP contribution in [-0.4, -0.2) is 25.0 Å². The Kier molecular flexibility index (Phi) is 4.60. The summed E-state index contributed by atoms with van der Waals surface area (Å²) < 4.78 is 0. The smallest absolute Gasteiger partial charge is 0.0217 e. The van der Waals surface area contributed by atoms with Crippen LogP contribution in [0.15, 0.2) is 60.7 Å². The van der Waals surface area contributed by atoms with Crippen molar-refractivity contribution in [2.45, 2.75) is 44.4 Å². The van der Waals surface area contributed by atoms with E-state index in [0.717, 1.165) is 24.3 Å². The van der Waals surface area contributed by atoms with Gasteiger partial charge in [0, 0.05) is 19.0 Å². The summed E-state index contributed by atoms with van der Waals surface area (Å²) in [6.45, 7) is 2.42. The number of hydrogen-bond acceptors (Lipinski definition) is 1. The highest BCUT2D eigenvalue weighted by molar-refractivity contribution is 5.32. The fraction of sp³-hybridized carbons (Fsp3) is 0.538. The van der Waals surface area contributed by atoms with E-state index >= 15 is 0 Å². The second-order valence-electron chi connectivity index (χ2n) is 9.99. The van der Waals surface area contributed by atoms with Gasteiger partial charge in [-0.25, -0.2) is 0 Å². The molecule has 1 heteroatoms. The van der Waals surface area contributed by atoms with Gasteiger partial charge in [0.1, 0.15) is 0 Å². The number of hydrogen-bond donors (Lipinski definition) is 0. The normalized spacial score (nSPS) is 31.7. The Balaban J connectivity index is 1.34. The maximum absolute atomic E-state index is 2.66. The predicted molar refractivity (Wildman–Crippen MR) is 113 cm³/mol. The van der Waals surface area contributed by atoms with Crippen molar-refractivity contribution in [1.82, 2.24) is 4.90 Å². The molecular formula is C26H33N. The van der Waals surface area contributed by atoms with Gasteiger partial charge in [-0.05, 0) is 79.9 Å². The zero-order valence-electron chi connectivity index (χ0n) is 16.7. The van der Waals surface area contributed by atoms with Crippen molar-refractivity contribution in [2.75, 3.05) is 20.1 Å². The van der Waals surface area contributed by atoms with Gasteiger partial charge in [0.2, 0.25) is 0 Å². The van der Waals surface area contributed by atoms with Crippen molar-refractivity contribution in [3.05, 3.63) is 71.8 Å². The van der Waals surface area contributed by atoms with Crippen molar-refractivity contribution in [3.63, 3.8) is 0 Å². The van der Waals surface area contributed by atoms with Crippen LogP contribution in [0, 0.1) is 23.2 Å². The zero-order chi connectivity index (χ0) is 18.3. The summed E-state index contributed by atoms with van der Waals surface area (Å²) in [6.07, 6.45) is 9.14. The summed E-state index contributed by atoms with van der Waals surface area (Å²) in [7, 11) is 2.37. The minimum absolute atomic E-state index is 0.464. The second-order valence-corrected chi connectivity index (χ2v) is 9.99. The van der Waals surface area contributed by atoms with E-state index in [4.69, 9.17) is 0 Å². The Morgan fingerprint density at radius 3 is 1.67 bits per heavy atom. The lowest BCUT2D eigenvalue weighted by atomic mass is 9.49. The Morgan fingerprint density at radius 2 is 1.22 bits per heavy atom. The van der Waals surface area contributed by atoms with Crippen LogP contribution in [-0.2, 0) is 0 Å². The minimum atomic E-state index is 0.464. The van der Waals surface area contributed by atoms with E-state index in [1.165, 1.54) is 36.9 Å². The molecule has 4 saturated carbocycles. The van der Waals surface area contributed by atoms with Gasteiger partial charge in [-0.2, -0.15) is 0 Å². The number of benzene rings is 2. The molecule has 0 N–H and O–H groups in total. The van der Waals surface area contributed by atoms with Crippen molar-refractivity contribution in [3.8, 4) is 0 Å². The van der Waals surface area contributed by atoms with Crippen molar-refractivity contribution in [2.24, 2.45) is 23.2 Å². The van der Waals surface area contributed by atoms with Crippen molar-refractivity contribution < 1.29 is 0 Å². The topological polar surface area (TPSA) is 3.24 Å². The average Bonchev–Trinajstić information content (AvgIpc) is 2.66. The molecule has 0 atom stereocenters. The van der Waals surface area contributed by atoms with Crippen LogP contribution >= 0.6 is 0 Å². The lowest BCUT2D eigenvalue weighted by Crippen LogP contribution is -2.51. The molecule has 0 heterocycles. The molecule has 0 amide bonds. The first-order chi connectivity index (χ1) is 13.2. The monoisotopic (exact) mass is 359 g/mol. The fourth-order valence-electron chi connectivity index (χ4n) is 7.21. The number of nitrogens with zero attached hydrogens (tertiary/aromatic N) is 1. The molecule has 6 rings (SSSR count). The molecule has 0 aliphatic heterocycles. The first kappa shape index (κ1) is 17.5. The van der Waals surface area contributed by atoms with E-state index in [9.17, 15) is 0 Å². The van der Waals surface area contributed by atoms with E-state index in [-0.39, 0.29) is 0 Å². The van der Waals surface area contributed by atoms with Crippen LogP contribution in [0.2, 0.25) is 0 Å². The Labute approximate surface area is 164 Å². The second kappa shape index (κ2) is 7.09. The molecule has 27 heavy (non-hydrogen) atoms. The van der Waals surface area contributed by atoms with E-state index < -0.39 is 0 Å². The largest absolute Gasteiger partial charge is 0.305 e. The van der Waals surface area contributed by atoms with Crippen LogP contribution in [0.25, 0.3) is 0 Å². The number of rotatable bonds is 6. The lowest BCUT2D eigenvalue weighted by Gasteiger charge is -2.57. The molecule has 1 nitrogen and oxygen atoms in total. The van der Waals surface area contributed by atoms with Gasteiger partial charge in [-0.3, -0.25) is 0 Å². The number of likely N-dealkylation sites (N-methyl/N-ethyl adjacent to an activating group) is 1. The predicted octanol–water partition coefficient (Wildman–Crippen LogP) is 5.97. The fourth-order valence-corrected chi connectivity index (χ4v) is 7.21. The first-order valence-electron chi connectivity index (χ1n) is 11.0. The SMILES string of the molecule is CN(CC(c1ccccc1)c1ccccc1)CC12CC3CC(CC(C3)C1)C2. The van der Waals surface area contributed by atoms with Crippen LogP contribution in [0.1, 0.15) is 55.6 Å². The average molecular weight is 360 g/mol. The van der Waals surface area contributed by atoms with Crippen LogP contribution < -0.4 is 0 Å². The van der Waals surface area contributed by atoms with Crippen LogP contribution in [0.4, 0.5) is 0 Å². The lowest BCUT2D eigenvalue weighted by molar-refractivity contribution is -0.0663. The molecule has 4 fully saturated rings. The molecule has 2 aromatic carbocycles. The van der Waals surface area contributed by atoms with Crippen molar-refractivity contribution >= 4 is 0 Å². The molecule has 0 aromatic heterocycles. The molecule has 4 aliphatic rings. The highest BCUT2D eigenvalue weighted by Gasteiger charge is 2.51. The van der Waals surface area contributed by atoms with Gasteiger partial charge in [0.05, 0.1) is 0 Å². The summed E-state index contributed by atoms with van der Waals surface area (Å²) in [5.41, 5.74) is 3.52. The van der Waals surface area contributed by atoms with Crippen LogP contribution in [0.3, 0.4) is 0 Å². The van der Waals surface area contributed by atoms with Gasteiger partial charge in [0.15, 0.2) is 0 Å². The summed E-state index contributed by atoms with van der Waals surface area (Å²) in [6, 6.07) is 22.2. The molecule has 142 valence electrons. The molecular weight excluding hydrogens is 326 g/mol. The Morgan fingerprint density at radius 1 is 0.778 bits per heavy atom. The molecule has 0 radical (unpaired) electrons.